The van der Waals surface area contributed by atoms with Gasteiger partial charge in [0.25, 0.3) is 5.91 Å². The summed E-state index contributed by atoms with van der Waals surface area (Å²) < 4.78 is 5.76. The maximum atomic E-state index is 13.3. The summed E-state index contributed by atoms with van der Waals surface area (Å²) in [5, 5.41) is 0.688. The van der Waals surface area contributed by atoms with Crippen molar-refractivity contribution in [3.8, 4) is 5.75 Å². The number of hydrogen-bond acceptors (Lipinski definition) is 4. The molecule has 0 atom stereocenters. The van der Waals surface area contributed by atoms with Gasteiger partial charge < -0.3 is 4.74 Å². The van der Waals surface area contributed by atoms with Crippen LogP contribution in [0.4, 0.5) is 5.69 Å². The summed E-state index contributed by atoms with van der Waals surface area (Å²) in [6, 6.07) is 27.6. The van der Waals surface area contributed by atoms with Crippen molar-refractivity contribution in [3.05, 3.63) is 101 Å². The Kier molecular flexibility index (Phi) is 7.07. The van der Waals surface area contributed by atoms with E-state index in [1.807, 2.05) is 91.0 Å². The van der Waals surface area contributed by atoms with E-state index in [4.69, 9.17) is 9.73 Å². The lowest BCUT2D eigenvalue weighted by Crippen LogP contribution is -2.28. The van der Waals surface area contributed by atoms with Crippen molar-refractivity contribution < 1.29 is 9.53 Å². The van der Waals surface area contributed by atoms with Crippen LogP contribution in [-0.4, -0.2) is 22.6 Å². The molecule has 32 heavy (non-hydrogen) atoms. The minimum Gasteiger partial charge on any atom is -0.493 e. The highest BCUT2D eigenvalue weighted by Gasteiger charge is 2.33. The molecule has 0 aromatic heterocycles. The average molecular weight is 443 g/mol. The summed E-state index contributed by atoms with van der Waals surface area (Å²) in [5.41, 5.74) is 2.85. The van der Waals surface area contributed by atoms with E-state index in [1.54, 1.807) is 4.90 Å². The molecule has 3 aromatic carbocycles. The zero-order valence-corrected chi connectivity index (χ0v) is 19.1. The van der Waals surface area contributed by atoms with Crippen molar-refractivity contribution in [1.82, 2.24) is 4.90 Å². The zero-order chi connectivity index (χ0) is 22.3. The average Bonchev–Trinajstić information content (AvgIpc) is 3.09. The Morgan fingerprint density at radius 2 is 1.59 bits per heavy atom. The van der Waals surface area contributed by atoms with Crippen molar-refractivity contribution in [2.75, 3.05) is 6.61 Å². The van der Waals surface area contributed by atoms with Crippen LogP contribution in [0, 0.1) is 5.92 Å². The van der Waals surface area contributed by atoms with Crippen molar-refractivity contribution in [3.63, 3.8) is 0 Å². The second-order valence-electron chi connectivity index (χ2n) is 7.99. The fourth-order valence-corrected chi connectivity index (χ4v) is 4.18. The molecule has 0 bridgehead atoms. The topological polar surface area (TPSA) is 41.9 Å². The number of hydrogen-bond donors (Lipinski definition) is 0. The lowest BCUT2D eigenvalue weighted by atomic mass is 10.2. The van der Waals surface area contributed by atoms with E-state index in [1.165, 1.54) is 11.8 Å². The van der Waals surface area contributed by atoms with E-state index in [0.717, 1.165) is 22.6 Å². The molecule has 5 heteroatoms. The fraction of sp³-hybridized carbons (Fsp3) is 0.185. The summed E-state index contributed by atoms with van der Waals surface area (Å²) in [6.45, 7) is 5.41. The lowest BCUT2D eigenvalue weighted by Gasteiger charge is -2.15. The Balaban J connectivity index is 1.59. The summed E-state index contributed by atoms with van der Waals surface area (Å²) in [6.07, 6.45) is 1.92. The van der Waals surface area contributed by atoms with Gasteiger partial charge in [-0.3, -0.25) is 9.69 Å². The highest BCUT2D eigenvalue weighted by atomic mass is 32.2. The van der Waals surface area contributed by atoms with Crippen LogP contribution in [0.25, 0.3) is 6.08 Å². The number of amides is 1. The van der Waals surface area contributed by atoms with E-state index >= 15 is 0 Å². The molecule has 1 amide bonds. The lowest BCUT2D eigenvalue weighted by molar-refractivity contribution is -0.122. The molecule has 0 spiro atoms. The SMILES string of the molecule is CC(C)COc1ccc(C=C2SC(=Nc3ccccc3)N(Cc3ccccc3)C2=O)cc1. The van der Waals surface area contributed by atoms with Crippen LogP contribution in [0.15, 0.2) is 94.8 Å². The van der Waals surface area contributed by atoms with E-state index in [0.29, 0.717) is 29.1 Å². The molecule has 0 radical (unpaired) electrons. The number of carbonyl (C=O) groups is 1. The van der Waals surface area contributed by atoms with Crippen LogP contribution >= 0.6 is 11.8 Å². The van der Waals surface area contributed by atoms with Crippen molar-refractivity contribution in [1.29, 1.82) is 0 Å². The molecule has 1 saturated heterocycles. The van der Waals surface area contributed by atoms with Gasteiger partial charge in [-0.15, -0.1) is 0 Å². The quantitative estimate of drug-likeness (QED) is 0.391. The van der Waals surface area contributed by atoms with Crippen LogP contribution in [-0.2, 0) is 11.3 Å². The first kappa shape index (κ1) is 21.9. The number of para-hydroxylation sites is 1. The first-order valence-corrected chi connectivity index (χ1v) is 11.5. The van der Waals surface area contributed by atoms with Gasteiger partial charge in [0.1, 0.15) is 5.75 Å². The first-order valence-electron chi connectivity index (χ1n) is 10.7. The Bertz CT molecular complexity index is 1110. The number of carbonyl (C=O) groups excluding carboxylic acids is 1. The Morgan fingerprint density at radius 1 is 0.938 bits per heavy atom. The van der Waals surface area contributed by atoms with Gasteiger partial charge in [-0.25, -0.2) is 4.99 Å². The number of amidine groups is 1. The summed E-state index contributed by atoms with van der Waals surface area (Å²) in [7, 11) is 0. The van der Waals surface area contributed by atoms with Gasteiger partial charge >= 0.3 is 0 Å². The summed E-state index contributed by atoms with van der Waals surface area (Å²) in [4.78, 5) is 20.5. The van der Waals surface area contributed by atoms with Crippen molar-refractivity contribution in [2.45, 2.75) is 20.4 Å². The molecule has 4 rings (SSSR count). The summed E-state index contributed by atoms with van der Waals surface area (Å²) in [5.74, 6) is 1.28. The molecule has 1 aliphatic rings. The highest BCUT2D eigenvalue weighted by Crippen LogP contribution is 2.35. The van der Waals surface area contributed by atoms with E-state index in [9.17, 15) is 4.79 Å². The number of rotatable bonds is 7. The largest absolute Gasteiger partial charge is 0.493 e. The van der Waals surface area contributed by atoms with Gasteiger partial charge in [-0.1, -0.05) is 74.5 Å². The third kappa shape index (κ3) is 5.68. The maximum absolute atomic E-state index is 13.3. The molecule has 1 fully saturated rings. The molecular weight excluding hydrogens is 416 g/mol. The highest BCUT2D eigenvalue weighted by molar-refractivity contribution is 8.18. The predicted molar refractivity (Wildman–Crippen MR) is 133 cm³/mol. The van der Waals surface area contributed by atoms with Crippen LogP contribution in [0.3, 0.4) is 0 Å². The van der Waals surface area contributed by atoms with Gasteiger partial charge in [0.2, 0.25) is 0 Å². The third-order valence-electron chi connectivity index (χ3n) is 4.81. The number of nitrogens with zero attached hydrogens (tertiary/aromatic N) is 2. The first-order chi connectivity index (χ1) is 15.6. The van der Waals surface area contributed by atoms with Crippen LogP contribution in [0.1, 0.15) is 25.0 Å². The van der Waals surface area contributed by atoms with Gasteiger partial charge in [0.15, 0.2) is 5.17 Å². The molecule has 0 saturated carbocycles. The van der Waals surface area contributed by atoms with Crippen molar-refractivity contribution >= 4 is 34.6 Å². The zero-order valence-electron chi connectivity index (χ0n) is 18.3. The van der Waals surface area contributed by atoms with E-state index in [2.05, 4.69) is 13.8 Å². The Labute approximate surface area is 193 Å². The number of aliphatic imine (C=N–C) groups is 1. The van der Waals surface area contributed by atoms with Gasteiger partial charge in [0, 0.05) is 0 Å². The molecule has 0 N–H and O–H groups in total. The molecule has 162 valence electrons. The normalized spacial score (nSPS) is 16.3. The Morgan fingerprint density at radius 3 is 2.25 bits per heavy atom. The summed E-state index contributed by atoms with van der Waals surface area (Å²) >= 11 is 1.41. The predicted octanol–water partition coefficient (Wildman–Crippen LogP) is 6.53. The van der Waals surface area contributed by atoms with E-state index in [-0.39, 0.29) is 5.91 Å². The maximum Gasteiger partial charge on any atom is 0.267 e. The van der Waals surface area contributed by atoms with Gasteiger partial charge in [-0.05, 0) is 59.1 Å². The standard InChI is InChI=1S/C27H26N2O2S/c1-20(2)19-31-24-15-13-21(14-16-24)17-25-26(30)29(18-22-9-5-3-6-10-22)27(32-25)28-23-11-7-4-8-12-23/h3-17,20H,18-19H2,1-2H3. The minimum absolute atomic E-state index is 0.0336. The van der Waals surface area contributed by atoms with Gasteiger partial charge in [0.05, 0.1) is 23.7 Å². The second-order valence-corrected chi connectivity index (χ2v) is 9.00. The number of benzene rings is 3. The molecule has 4 nitrogen and oxygen atoms in total. The minimum atomic E-state index is -0.0336. The van der Waals surface area contributed by atoms with Gasteiger partial charge in [-0.2, -0.15) is 0 Å². The Hall–Kier alpha value is -3.31. The molecule has 0 unspecified atom stereocenters. The molecular formula is C27H26N2O2S. The second kappa shape index (κ2) is 10.3. The van der Waals surface area contributed by atoms with Crippen LogP contribution in [0.5, 0.6) is 5.75 Å². The molecule has 0 aliphatic carbocycles. The number of ether oxygens (including phenoxy) is 1. The third-order valence-corrected chi connectivity index (χ3v) is 5.82. The number of thioether (sulfide) groups is 1. The molecule has 1 heterocycles. The monoisotopic (exact) mass is 442 g/mol. The molecule has 1 aliphatic heterocycles. The fourth-order valence-electron chi connectivity index (χ4n) is 3.18. The van der Waals surface area contributed by atoms with Crippen LogP contribution in [0.2, 0.25) is 0 Å². The smallest absolute Gasteiger partial charge is 0.267 e. The molecule has 3 aromatic rings. The van der Waals surface area contributed by atoms with Crippen molar-refractivity contribution in [2.24, 2.45) is 10.9 Å². The van der Waals surface area contributed by atoms with E-state index < -0.39 is 0 Å². The van der Waals surface area contributed by atoms with Crippen LogP contribution < -0.4 is 4.74 Å².